The molecule has 0 amide bonds. The number of aromatic carboxylic acids is 1. The summed E-state index contributed by atoms with van der Waals surface area (Å²) in [6, 6.07) is 1.94. The number of rotatable bonds is 3. The Labute approximate surface area is 120 Å². The molecule has 0 aliphatic heterocycles. The molecule has 2 aromatic rings. The minimum atomic E-state index is -1.28. The highest BCUT2D eigenvalue weighted by Gasteiger charge is 2.32. The van der Waals surface area contributed by atoms with Crippen LogP contribution in [0.25, 0.3) is 5.69 Å². The van der Waals surface area contributed by atoms with Crippen LogP contribution in [-0.2, 0) is 0 Å². The van der Waals surface area contributed by atoms with E-state index in [0.717, 1.165) is 23.6 Å². The molecule has 1 aromatic carbocycles. The normalized spacial score (nSPS) is 14.6. The van der Waals surface area contributed by atoms with Gasteiger partial charge in [-0.1, -0.05) is 0 Å². The van der Waals surface area contributed by atoms with Crippen molar-refractivity contribution < 1.29 is 18.7 Å². The van der Waals surface area contributed by atoms with E-state index in [1.165, 1.54) is 6.07 Å². The maximum absolute atomic E-state index is 13.9. The lowest BCUT2D eigenvalue weighted by atomic mass is 10.3. The topological polar surface area (TPSA) is 68.0 Å². The van der Waals surface area contributed by atoms with Crippen LogP contribution in [-0.4, -0.2) is 25.8 Å². The Morgan fingerprint density at radius 3 is 2.65 bits per heavy atom. The summed E-state index contributed by atoms with van der Waals surface area (Å²) in [5, 5.41) is 12.7. The Hall–Kier alpha value is -1.83. The summed E-state index contributed by atoms with van der Waals surface area (Å²) in [5.41, 5.74) is -0.0276. The number of hydrogen-bond acceptors (Lipinski definition) is 3. The van der Waals surface area contributed by atoms with Crippen molar-refractivity contribution in [1.82, 2.24) is 14.8 Å². The first kappa shape index (κ1) is 13.2. The average molecular weight is 344 g/mol. The third-order valence-corrected chi connectivity index (χ3v) is 3.59. The Morgan fingerprint density at radius 1 is 1.35 bits per heavy atom. The van der Waals surface area contributed by atoms with Crippen LogP contribution in [0.1, 0.15) is 35.2 Å². The molecule has 1 fully saturated rings. The van der Waals surface area contributed by atoms with Crippen LogP contribution in [0.4, 0.5) is 8.78 Å². The smallest absolute Gasteiger partial charge is 0.375 e. The fraction of sp³-hybridized carbons (Fsp3) is 0.250. The average Bonchev–Trinajstić information content (AvgIpc) is 3.13. The van der Waals surface area contributed by atoms with Crippen LogP contribution in [0.3, 0.4) is 0 Å². The Bertz CT molecular complexity index is 713. The van der Waals surface area contributed by atoms with Crippen LogP contribution in [0.15, 0.2) is 16.6 Å². The van der Waals surface area contributed by atoms with E-state index in [0.29, 0.717) is 5.82 Å². The van der Waals surface area contributed by atoms with Crippen molar-refractivity contribution in [2.24, 2.45) is 0 Å². The number of hydrogen-bond donors (Lipinski definition) is 1. The largest absolute Gasteiger partial charge is 0.475 e. The number of carbonyl (C=O) groups is 1. The van der Waals surface area contributed by atoms with Gasteiger partial charge in [0.2, 0.25) is 0 Å². The maximum atomic E-state index is 13.9. The fourth-order valence-electron chi connectivity index (χ4n) is 1.87. The lowest BCUT2D eigenvalue weighted by Crippen LogP contribution is -2.06. The molecule has 0 radical (unpaired) electrons. The molecule has 0 saturated heterocycles. The van der Waals surface area contributed by atoms with E-state index in [4.69, 9.17) is 5.11 Å². The second-order valence-electron chi connectivity index (χ2n) is 4.50. The van der Waals surface area contributed by atoms with Crippen molar-refractivity contribution in [3.63, 3.8) is 0 Å². The van der Waals surface area contributed by atoms with Crippen molar-refractivity contribution in [3.05, 3.63) is 39.9 Å². The molecule has 3 rings (SSSR count). The van der Waals surface area contributed by atoms with Crippen LogP contribution < -0.4 is 0 Å². The SMILES string of the molecule is O=C(O)c1nc(C2CC2)n(-c2cc(Br)c(F)cc2F)n1. The minimum Gasteiger partial charge on any atom is -0.475 e. The van der Waals surface area contributed by atoms with Gasteiger partial charge in [-0.3, -0.25) is 0 Å². The van der Waals surface area contributed by atoms with Gasteiger partial charge in [0.1, 0.15) is 17.3 Å². The quantitative estimate of drug-likeness (QED) is 0.870. The lowest BCUT2D eigenvalue weighted by Gasteiger charge is -2.07. The van der Waals surface area contributed by atoms with E-state index in [2.05, 4.69) is 26.0 Å². The molecule has 8 heteroatoms. The molecule has 0 atom stereocenters. The molecule has 20 heavy (non-hydrogen) atoms. The summed E-state index contributed by atoms with van der Waals surface area (Å²) in [5.74, 6) is -2.79. The molecule has 1 aromatic heterocycles. The van der Waals surface area contributed by atoms with E-state index < -0.39 is 23.4 Å². The monoisotopic (exact) mass is 343 g/mol. The summed E-state index contributed by atoms with van der Waals surface area (Å²) in [7, 11) is 0. The molecule has 1 saturated carbocycles. The molecule has 0 bridgehead atoms. The van der Waals surface area contributed by atoms with Gasteiger partial charge in [0, 0.05) is 12.0 Å². The summed E-state index contributed by atoms with van der Waals surface area (Å²) >= 11 is 2.97. The van der Waals surface area contributed by atoms with E-state index in [1.807, 2.05) is 0 Å². The van der Waals surface area contributed by atoms with Crippen LogP contribution in [0.5, 0.6) is 0 Å². The number of benzene rings is 1. The molecular formula is C12H8BrF2N3O2. The number of carboxylic acid groups (broad SMARTS) is 1. The maximum Gasteiger partial charge on any atom is 0.375 e. The third kappa shape index (κ3) is 2.20. The predicted molar refractivity (Wildman–Crippen MR) is 67.9 cm³/mol. The van der Waals surface area contributed by atoms with Crippen molar-refractivity contribution in [1.29, 1.82) is 0 Å². The lowest BCUT2D eigenvalue weighted by molar-refractivity contribution is 0.0683. The van der Waals surface area contributed by atoms with Gasteiger partial charge in [-0.25, -0.2) is 23.2 Å². The zero-order chi connectivity index (χ0) is 14.4. The van der Waals surface area contributed by atoms with E-state index >= 15 is 0 Å². The minimum absolute atomic E-state index is 0.0276. The van der Waals surface area contributed by atoms with Gasteiger partial charge in [-0.2, -0.15) is 0 Å². The van der Waals surface area contributed by atoms with Crippen molar-refractivity contribution in [2.45, 2.75) is 18.8 Å². The number of carboxylic acids is 1. The molecule has 0 unspecified atom stereocenters. The van der Waals surface area contributed by atoms with Crippen molar-refractivity contribution in [3.8, 4) is 5.69 Å². The zero-order valence-corrected chi connectivity index (χ0v) is 11.6. The van der Waals surface area contributed by atoms with Gasteiger partial charge in [-0.05, 0) is 34.8 Å². The third-order valence-electron chi connectivity index (χ3n) is 2.98. The molecule has 1 N–H and O–H groups in total. The van der Waals surface area contributed by atoms with E-state index in [1.54, 1.807) is 0 Å². The summed E-state index contributed by atoms with van der Waals surface area (Å²) in [4.78, 5) is 14.9. The van der Waals surface area contributed by atoms with Gasteiger partial charge < -0.3 is 5.11 Å². The van der Waals surface area contributed by atoms with Gasteiger partial charge in [-0.15, -0.1) is 5.10 Å². The van der Waals surface area contributed by atoms with Gasteiger partial charge >= 0.3 is 5.97 Å². The zero-order valence-electron chi connectivity index (χ0n) is 9.98. The number of nitrogens with zero attached hydrogens (tertiary/aromatic N) is 3. The van der Waals surface area contributed by atoms with Crippen LogP contribution in [0.2, 0.25) is 0 Å². The highest BCUT2D eigenvalue weighted by Crippen LogP contribution is 2.40. The molecule has 1 aliphatic rings. The van der Waals surface area contributed by atoms with Crippen LogP contribution >= 0.6 is 15.9 Å². The Morgan fingerprint density at radius 2 is 2.05 bits per heavy atom. The highest BCUT2D eigenvalue weighted by atomic mass is 79.9. The summed E-state index contributed by atoms with van der Waals surface area (Å²) in [6.07, 6.45) is 1.70. The standard InChI is InChI=1S/C12H8BrF2N3O2/c13-6-3-9(8(15)4-7(6)14)18-11(5-1-2-5)16-10(17-18)12(19)20/h3-5H,1-2H2,(H,19,20). The first-order chi connectivity index (χ1) is 9.47. The van der Waals surface area contributed by atoms with E-state index in [9.17, 15) is 13.6 Å². The molecule has 1 aliphatic carbocycles. The second-order valence-corrected chi connectivity index (χ2v) is 5.36. The fourth-order valence-corrected chi connectivity index (χ4v) is 2.20. The van der Waals surface area contributed by atoms with Gasteiger partial charge in [0.05, 0.1) is 4.47 Å². The first-order valence-electron chi connectivity index (χ1n) is 5.82. The Balaban J connectivity index is 2.18. The van der Waals surface area contributed by atoms with Gasteiger partial charge in [0.15, 0.2) is 5.82 Å². The summed E-state index contributed by atoms with van der Waals surface area (Å²) in [6.45, 7) is 0. The first-order valence-corrected chi connectivity index (χ1v) is 6.62. The molecule has 104 valence electrons. The molecule has 5 nitrogen and oxygen atoms in total. The second kappa shape index (κ2) is 4.62. The molecular weight excluding hydrogens is 336 g/mol. The van der Waals surface area contributed by atoms with Crippen molar-refractivity contribution in [2.75, 3.05) is 0 Å². The molecule has 0 spiro atoms. The highest BCUT2D eigenvalue weighted by molar-refractivity contribution is 9.10. The number of halogens is 3. The van der Waals surface area contributed by atoms with Crippen LogP contribution in [0, 0.1) is 11.6 Å². The predicted octanol–water partition coefficient (Wildman–Crippen LogP) is 2.88. The van der Waals surface area contributed by atoms with E-state index in [-0.39, 0.29) is 16.1 Å². The van der Waals surface area contributed by atoms with Crippen molar-refractivity contribution >= 4 is 21.9 Å². The number of aromatic nitrogens is 3. The molecule has 1 heterocycles. The summed E-state index contributed by atoms with van der Waals surface area (Å²) < 4.78 is 28.4. The Kier molecular flexibility index (Phi) is 3.04. The van der Waals surface area contributed by atoms with Gasteiger partial charge in [0.25, 0.3) is 5.82 Å².